The van der Waals surface area contributed by atoms with Crippen molar-refractivity contribution in [2.24, 2.45) is 0 Å². The Bertz CT molecular complexity index is 673. The second-order valence-electron chi connectivity index (χ2n) is 5.40. The standard InChI is InChI=1S/C16H20ClN5O/c1-11-12(17)5-4-6-13(11)19-16(23)14-7-8-15(21-20-14)18-9-10-22(2)3/h4-8H,9-10H2,1-3H3,(H,18,21)(H,19,23). The van der Waals surface area contributed by atoms with Crippen molar-refractivity contribution in [3.8, 4) is 0 Å². The fraction of sp³-hybridized carbons (Fsp3) is 0.312. The number of benzene rings is 1. The van der Waals surface area contributed by atoms with Gasteiger partial charge in [0.2, 0.25) is 0 Å². The zero-order valence-electron chi connectivity index (χ0n) is 13.4. The number of likely N-dealkylation sites (N-methyl/N-ethyl adjacent to an activating group) is 1. The van der Waals surface area contributed by atoms with Crippen LogP contribution in [0.5, 0.6) is 0 Å². The van der Waals surface area contributed by atoms with Gasteiger partial charge in [-0.3, -0.25) is 4.79 Å². The van der Waals surface area contributed by atoms with Crippen LogP contribution in [-0.2, 0) is 0 Å². The highest BCUT2D eigenvalue weighted by molar-refractivity contribution is 6.31. The maximum Gasteiger partial charge on any atom is 0.276 e. The molecule has 122 valence electrons. The first kappa shape index (κ1) is 17.2. The van der Waals surface area contributed by atoms with Crippen LogP contribution in [0.3, 0.4) is 0 Å². The molecule has 0 atom stereocenters. The van der Waals surface area contributed by atoms with E-state index in [1.165, 1.54) is 0 Å². The van der Waals surface area contributed by atoms with E-state index >= 15 is 0 Å². The van der Waals surface area contributed by atoms with Crippen LogP contribution in [0.2, 0.25) is 5.02 Å². The van der Waals surface area contributed by atoms with Gasteiger partial charge in [0.05, 0.1) is 0 Å². The monoisotopic (exact) mass is 333 g/mol. The van der Waals surface area contributed by atoms with Crippen molar-refractivity contribution in [1.82, 2.24) is 15.1 Å². The summed E-state index contributed by atoms with van der Waals surface area (Å²) in [5.74, 6) is 0.324. The van der Waals surface area contributed by atoms with Gasteiger partial charge < -0.3 is 15.5 Å². The second kappa shape index (κ2) is 7.89. The minimum absolute atomic E-state index is 0.252. The number of aromatic nitrogens is 2. The lowest BCUT2D eigenvalue weighted by Gasteiger charge is -2.11. The molecule has 0 radical (unpaired) electrons. The maximum absolute atomic E-state index is 12.2. The Morgan fingerprint density at radius 2 is 2.00 bits per heavy atom. The van der Waals surface area contributed by atoms with Gasteiger partial charge in [0.1, 0.15) is 5.82 Å². The highest BCUT2D eigenvalue weighted by Crippen LogP contribution is 2.23. The van der Waals surface area contributed by atoms with Crippen molar-refractivity contribution in [2.45, 2.75) is 6.92 Å². The maximum atomic E-state index is 12.2. The number of carbonyl (C=O) groups excluding carboxylic acids is 1. The number of amides is 1. The fourth-order valence-electron chi connectivity index (χ4n) is 1.88. The minimum atomic E-state index is -0.317. The van der Waals surface area contributed by atoms with Crippen LogP contribution in [-0.4, -0.2) is 48.2 Å². The molecular weight excluding hydrogens is 314 g/mol. The highest BCUT2D eigenvalue weighted by Gasteiger charge is 2.11. The van der Waals surface area contributed by atoms with Gasteiger partial charge in [0.15, 0.2) is 5.69 Å². The fourth-order valence-corrected chi connectivity index (χ4v) is 2.06. The summed E-state index contributed by atoms with van der Waals surface area (Å²) in [6, 6.07) is 8.74. The van der Waals surface area contributed by atoms with Crippen molar-refractivity contribution < 1.29 is 4.79 Å². The molecule has 2 aromatic rings. The molecule has 0 saturated carbocycles. The van der Waals surface area contributed by atoms with E-state index in [0.29, 0.717) is 16.5 Å². The molecule has 0 saturated heterocycles. The third-order valence-corrected chi connectivity index (χ3v) is 3.69. The summed E-state index contributed by atoms with van der Waals surface area (Å²) in [6.07, 6.45) is 0. The number of carbonyl (C=O) groups is 1. The molecule has 0 aliphatic heterocycles. The number of hydrogen-bond acceptors (Lipinski definition) is 5. The van der Waals surface area contributed by atoms with E-state index in [9.17, 15) is 4.79 Å². The first-order valence-electron chi connectivity index (χ1n) is 7.26. The minimum Gasteiger partial charge on any atom is -0.367 e. The summed E-state index contributed by atoms with van der Waals surface area (Å²) >= 11 is 6.04. The second-order valence-corrected chi connectivity index (χ2v) is 5.81. The van der Waals surface area contributed by atoms with Crippen molar-refractivity contribution >= 4 is 29.0 Å². The lowest BCUT2D eigenvalue weighted by Crippen LogP contribution is -2.21. The molecule has 0 unspecified atom stereocenters. The summed E-state index contributed by atoms with van der Waals surface area (Å²) in [4.78, 5) is 14.3. The van der Waals surface area contributed by atoms with E-state index < -0.39 is 0 Å². The van der Waals surface area contributed by atoms with E-state index in [1.807, 2.05) is 21.0 Å². The Morgan fingerprint density at radius 3 is 2.65 bits per heavy atom. The lowest BCUT2D eigenvalue weighted by molar-refractivity contribution is 0.102. The third-order valence-electron chi connectivity index (χ3n) is 3.28. The van der Waals surface area contributed by atoms with E-state index in [4.69, 9.17) is 11.6 Å². The number of anilines is 2. The first-order chi connectivity index (χ1) is 11.0. The van der Waals surface area contributed by atoms with Crippen molar-refractivity contribution in [2.75, 3.05) is 37.8 Å². The average Bonchev–Trinajstić information content (AvgIpc) is 2.52. The molecule has 0 fully saturated rings. The van der Waals surface area contributed by atoms with Crippen LogP contribution < -0.4 is 10.6 Å². The van der Waals surface area contributed by atoms with Gasteiger partial charge in [0.25, 0.3) is 5.91 Å². The Balaban J connectivity index is 1.98. The molecule has 0 bridgehead atoms. The van der Waals surface area contributed by atoms with E-state index in [-0.39, 0.29) is 11.6 Å². The molecule has 0 aliphatic carbocycles. The van der Waals surface area contributed by atoms with Gasteiger partial charge in [0, 0.05) is 23.8 Å². The summed E-state index contributed by atoms with van der Waals surface area (Å²) < 4.78 is 0. The molecule has 2 N–H and O–H groups in total. The SMILES string of the molecule is Cc1c(Cl)cccc1NC(=O)c1ccc(NCCN(C)C)nn1. The van der Waals surface area contributed by atoms with Gasteiger partial charge in [-0.05, 0) is 50.8 Å². The normalized spacial score (nSPS) is 10.7. The molecule has 0 aliphatic rings. The van der Waals surface area contributed by atoms with Crippen molar-refractivity contribution in [3.63, 3.8) is 0 Å². The van der Waals surface area contributed by atoms with Crippen LogP contribution in [0, 0.1) is 6.92 Å². The Labute approximate surface area is 140 Å². The number of hydrogen-bond donors (Lipinski definition) is 2. The van der Waals surface area contributed by atoms with E-state index in [2.05, 4.69) is 25.7 Å². The predicted molar refractivity (Wildman–Crippen MR) is 93.2 cm³/mol. The van der Waals surface area contributed by atoms with Crippen LogP contribution in [0.25, 0.3) is 0 Å². The number of halogens is 1. The summed E-state index contributed by atoms with van der Waals surface area (Å²) in [5, 5.41) is 14.5. The molecule has 0 spiro atoms. The average molecular weight is 334 g/mol. The van der Waals surface area contributed by atoms with Crippen LogP contribution in [0.4, 0.5) is 11.5 Å². The van der Waals surface area contributed by atoms with E-state index in [0.717, 1.165) is 18.7 Å². The Morgan fingerprint density at radius 1 is 1.22 bits per heavy atom. The molecule has 7 heteroatoms. The molecule has 2 rings (SSSR count). The molecule has 1 heterocycles. The van der Waals surface area contributed by atoms with Crippen LogP contribution >= 0.6 is 11.6 Å². The number of nitrogens with zero attached hydrogens (tertiary/aromatic N) is 3. The molecule has 1 aromatic carbocycles. The number of rotatable bonds is 6. The largest absolute Gasteiger partial charge is 0.367 e. The van der Waals surface area contributed by atoms with Gasteiger partial charge in [-0.15, -0.1) is 10.2 Å². The summed E-state index contributed by atoms with van der Waals surface area (Å²) in [5.41, 5.74) is 1.73. The predicted octanol–water partition coefficient (Wildman–Crippen LogP) is 2.66. The molecule has 6 nitrogen and oxygen atoms in total. The van der Waals surface area contributed by atoms with Gasteiger partial charge in [-0.25, -0.2) is 0 Å². The van der Waals surface area contributed by atoms with E-state index in [1.54, 1.807) is 30.3 Å². The van der Waals surface area contributed by atoms with Crippen molar-refractivity contribution in [3.05, 3.63) is 46.6 Å². The number of nitrogens with one attached hydrogen (secondary N) is 2. The van der Waals surface area contributed by atoms with Gasteiger partial charge in [-0.2, -0.15) is 0 Å². The van der Waals surface area contributed by atoms with Gasteiger partial charge >= 0.3 is 0 Å². The summed E-state index contributed by atoms with van der Waals surface area (Å²) in [6.45, 7) is 3.49. The zero-order valence-corrected chi connectivity index (χ0v) is 14.2. The lowest BCUT2D eigenvalue weighted by atomic mass is 10.2. The first-order valence-corrected chi connectivity index (χ1v) is 7.64. The topological polar surface area (TPSA) is 70.2 Å². The van der Waals surface area contributed by atoms with Crippen LogP contribution in [0.15, 0.2) is 30.3 Å². The Kier molecular flexibility index (Phi) is 5.90. The third kappa shape index (κ3) is 4.91. The van der Waals surface area contributed by atoms with Crippen molar-refractivity contribution in [1.29, 1.82) is 0 Å². The highest BCUT2D eigenvalue weighted by atomic mass is 35.5. The molecular formula is C16H20ClN5O. The smallest absolute Gasteiger partial charge is 0.276 e. The van der Waals surface area contributed by atoms with Crippen LogP contribution in [0.1, 0.15) is 16.1 Å². The molecule has 1 aromatic heterocycles. The quantitative estimate of drug-likeness (QED) is 0.850. The Hall–Kier alpha value is -2.18. The summed E-state index contributed by atoms with van der Waals surface area (Å²) in [7, 11) is 4.00. The molecule has 1 amide bonds. The molecule has 23 heavy (non-hydrogen) atoms. The zero-order chi connectivity index (χ0) is 16.8. The van der Waals surface area contributed by atoms with Gasteiger partial charge in [-0.1, -0.05) is 17.7 Å².